The normalized spacial score (nSPS) is 10.6. The quantitative estimate of drug-likeness (QED) is 0.573. The number of hydrogen-bond donors (Lipinski definition) is 2. The fraction of sp³-hybridized carbons (Fsp3) is 0. The summed E-state index contributed by atoms with van der Waals surface area (Å²) in [5, 5.41) is 16.2. The number of nitrogens with zero attached hydrogens (tertiary/aromatic N) is 2. The molecular formula is C21H15N3O2. The maximum Gasteiger partial charge on any atom is 0.335 e. The molecule has 0 saturated heterocycles. The predicted molar refractivity (Wildman–Crippen MR) is 99.7 cm³/mol. The fourth-order valence-electron chi connectivity index (χ4n) is 2.76. The van der Waals surface area contributed by atoms with E-state index in [1.807, 2.05) is 42.5 Å². The number of nitrogens with one attached hydrogen (secondary N) is 1. The zero-order chi connectivity index (χ0) is 17.9. The highest BCUT2D eigenvalue weighted by Crippen LogP contribution is 2.24. The van der Waals surface area contributed by atoms with Crippen molar-refractivity contribution in [2.75, 3.05) is 0 Å². The summed E-state index contributed by atoms with van der Waals surface area (Å²) in [5.74, 6) is 0.138. The van der Waals surface area contributed by atoms with Gasteiger partial charge in [-0.3, -0.25) is 5.10 Å². The molecule has 0 fully saturated rings. The molecule has 2 N–H and O–H groups in total. The minimum atomic E-state index is -0.969. The number of hydrogen-bond acceptors (Lipinski definition) is 3. The van der Waals surface area contributed by atoms with E-state index >= 15 is 0 Å². The first-order chi connectivity index (χ1) is 12.7. The smallest absolute Gasteiger partial charge is 0.335 e. The molecule has 0 aliphatic carbocycles. The number of aromatic carboxylic acids is 1. The standard InChI is InChI=1S/C21H15N3O2/c25-21(26)18-8-4-7-17(13-18)20-22-19(23-24-20)16-11-9-15(10-12-16)14-5-2-1-3-6-14/h1-13H,(H,25,26)(H,22,23,24). The third kappa shape index (κ3) is 3.10. The van der Waals surface area contributed by atoms with E-state index in [4.69, 9.17) is 5.11 Å². The van der Waals surface area contributed by atoms with Crippen LogP contribution < -0.4 is 0 Å². The molecule has 0 unspecified atom stereocenters. The zero-order valence-electron chi connectivity index (χ0n) is 13.8. The molecule has 0 aliphatic rings. The number of aromatic nitrogens is 3. The number of carbonyl (C=O) groups is 1. The molecule has 1 aromatic heterocycles. The van der Waals surface area contributed by atoms with Gasteiger partial charge in [0.25, 0.3) is 0 Å². The lowest BCUT2D eigenvalue weighted by Crippen LogP contribution is -1.96. The summed E-state index contributed by atoms with van der Waals surface area (Å²) in [5.41, 5.74) is 4.07. The molecule has 0 spiro atoms. The van der Waals surface area contributed by atoms with Gasteiger partial charge in [-0.05, 0) is 23.3 Å². The molecule has 0 aliphatic heterocycles. The lowest BCUT2D eigenvalue weighted by Gasteiger charge is -2.02. The fourth-order valence-corrected chi connectivity index (χ4v) is 2.76. The minimum absolute atomic E-state index is 0.215. The van der Waals surface area contributed by atoms with Gasteiger partial charge in [0.15, 0.2) is 11.6 Å². The van der Waals surface area contributed by atoms with Gasteiger partial charge >= 0.3 is 5.97 Å². The van der Waals surface area contributed by atoms with Crippen LogP contribution in [0, 0.1) is 0 Å². The van der Waals surface area contributed by atoms with E-state index in [-0.39, 0.29) is 5.56 Å². The van der Waals surface area contributed by atoms with Gasteiger partial charge in [-0.1, -0.05) is 66.7 Å². The summed E-state index contributed by atoms with van der Waals surface area (Å²) in [7, 11) is 0. The van der Waals surface area contributed by atoms with Gasteiger partial charge < -0.3 is 5.11 Å². The van der Waals surface area contributed by atoms with Crippen LogP contribution in [0.2, 0.25) is 0 Å². The average molecular weight is 341 g/mol. The Balaban J connectivity index is 1.62. The molecule has 1 heterocycles. The highest BCUT2D eigenvalue weighted by molar-refractivity contribution is 5.89. The molecule has 26 heavy (non-hydrogen) atoms. The van der Waals surface area contributed by atoms with Crippen LogP contribution in [-0.4, -0.2) is 26.3 Å². The highest BCUT2D eigenvalue weighted by Gasteiger charge is 2.10. The first-order valence-electron chi connectivity index (χ1n) is 8.13. The third-order valence-electron chi connectivity index (χ3n) is 4.12. The number of H-pyrrole nitrogens is 1. The van der Waals surface area contributed by atoms with E-state index in [1.165, 1.54) is 0 Å². The number of benzene rings is 3. The second kappa shape index (κ2) is 6.64. The summed E-state index contributed by atoms with van der Waals surface area (Å²) in [6.45, 7) is 0. The van der Waals surface area contributed by atoms with Gasteiger partial charge in [0.1, 0.15) is 0 Å². The summed E-state index contributed by atoms with van der Waals surface area (Å²) >= 11 is 0. The Morgan fingerprint density at radius 3 is 2.15 bits per heavy atom. The monoisotopic (exact) mass is 341 g/mol. The van der Waals surface area contributed by atoms with Crippen LogP contribution in [0.3, 0.4) is 0 Å². The third-order valence-corrected chi connectivity index (χ3v) is 4.12. The molecule has 126 valence electrons. The Hall–Kier alpha value is -3.73. The summed E-state index contributed by atoms with van der Waals surface area (Å²) < 4.78 is 0. The lowest BCUT2D eigenvalue weighted by atomic mass is 10.0. The topological polar surface area (TPSA) is 78.9 Å². The number of rotatable bonds is 4. The predicted octanol–water partition coefficient (Wildman–Crippen LogP) is 4.50. The molecule has 0 bridgehead atoms. The molecule has 4 aromatic rings. The van der Waals surface area contributed by atoms with Gasteiger partial charge in [-0.15, -0.1) is 0 Å². The van der Waals surface area contributed by atoms with Gasteiger partial charge in [0, 0.05) is 11.1 Å². The lowest BCUT2D eigenvalue weighted by molar-refractivity contribution is 0.0697. The van der Waals surface area contributed by atoms with Crippen LogP contribution in [0.4, 0.5) is 0 Å². The van der Waals surface area contributed by atoms with Crippen molar-refractivity contribution < 1.29 is 9.90 Å². The van der Waals surface area contributed by atoms with Crippen molar-refractivity contribution in [3.8, 4) is 33.9 Å². The number of carboxylic acids is 1. The second-order valence-electron chi connectivity index (χ2n) is 5.84. The van der Waals surface area contributed by atoms with Crippen molar-refractivity contribution in [2.24, 2.45) is 0 Å². The van der Waals surface area contributed by atoms with Crippen LogP contribution in [0.5, 0.6) is 0 Å². The number of carboxylic acid groups (broad SMARTS) is 1. The Labute approximate surface area is 150 Å². The molecule has 5 heteroatoms. The van der Waals surface area contributed by atoms with Crippen LogP contribution in [0.1, 0.15) is 10.4 Å². The Morgan fingerprint density at radius 1 is 0.769 bits per heavy atom. The minimum Gasteiger partial charge on any atom is -0.478 e. The van der Waals surface area contributed by atoms with E-state index in [0.717, 1.165) is 16.7 Å². The molecule has 3 aromatic carbocycles. The van der Waals surface area contributed by atoms with Crippen molar-refractivity contribution in [2.45, 2.75) is 0 Å². The maximum absolute atomic E-state index is 11.1. The van der Waals surface area contributed by atoms with E-state index in [1.54, 1.807) is 24.3 Å². The molecule has 5 nitrogen and oxygen atoms in total. The van der Waals surface area contributed by atoms with E-state index in [0.29, 0.717) is 17.2 Å². The summed E-state index contributed by atoms with van der Waals surface area (Å²) in [6.07, 6.45) is 0. The van der Waals surface area contributed by atoms with Crippen molar-refractivity contribution in [3.05, 3.63) is 84.4 Å². The first-order valence-corrected chi connectivity index (χ1v) is 8.13. The van der Waals surface area contributed by atoms with E-state index in [9.17, 15) is 4.79 Å². The first kappa shape index (κ1) is 15.8. The molecular weight excluding hydrogens is 326 g/mol. The van der Waals surface area contributed by atoms with Crippen LogP contribution >= 0.6 is 0 Å². The maximum atomic E-state index is 11.1. The van der Waals surface area contributed by atoms with Gasteiger partial charge in [0.2, 0.25) is 0 Å². The van der Waals surface area contributed by atoms with Crippen molar-refractivity contribution in [3.63, 3.8) is 0 Å². The van der Waals surface area contributed by atoms with Gasteiger partial charge in [-0.25, -0.2) is 9.78 Å². The van der Waals surface area contributed by atoms with Crippen molar-refractivity contribution in [1.29, 1.82) is 0 Å². The van der Waals surface area contributed by atoms with Crippen molar-refractivity contribution >= 4 is 5.97 Å². The largest absolute Gasteiger partial charge is 0.478 e. The Bertz CT molecular complexity index is 1050. The molecule has 4 rings (SSSR count). The van der Waals surface area contributed by atoms with Gasteiger partial charge in [-0.2, -0.15) is 5.10 Å². The Morgan fingerprint density at radius 2 is 1.42 bits per heavy atom. The molecule has 0 amide bonds. The van der Waals surface area contributed by atoms with Gasteiger partial charge in [0.05, 0.1) is 5.56 Å². The second-order valence-corrected chi connectivity index (χ2v) is 5.84. The van der Waals surface area contributed by atoms with E-state index in [2.05, 4.69) is 27.3 Å². The van der Waals surface area contributed by atoms with Crippen LogP contribution in [-0.2, 0) is 0 Å². The van der Waals surface area contributed by atoms with Crippen molar-refractivity contribution in [1.82, 2.24) is 15.2 Å². The SMILES string of the molecule is O=C(O)c1cccc(-c2nc(-c3ccc(-c4ccccc4)cc3)n[nH]2)c1. The van der Waals surface area contributed by atoms with E-state index < -0.39 is 5.97 Å². The number of aromatic amines is 1. The Kier molecular flexibility index (Phi) is 4.03. The summed E-state index contributed by atoms with van der Waals surface area (Å²) in [6, 6.07) is 24.8. The molecule has 0 radical (unpaired) electrons. The highest BCUT2D eigenvalue weighted by atomic mass is 16.4. The average Bonchev–Trinajstić information content (AvgIpc) is 3.19. The van der Waals surface area contributed by atoms with Crippen LogP contribution in [0.25, 0.3) is 33.9 Å². The zero-order valence-corrected chi connectivity index (χ0v) is 13.8. The molecule has 0 saturated carbocycles. The molecule has 0 atom stereocenters. The summed E-state index contributed by atoms with van der Waals surface area (Å²) in [4.78, 5) is 15.6. The van der Waals surface area contributed by atoms with Crippen LogP contribution in [0.15, 0.2) is 78.9 Å².